The lowest BCUT2D eigenvalue weighted by Crippen LogP contribution is -2.44. The van der Waals surface area contributed by atoms with Gasteiger partial charge in [-0.3, -0.25) is 4.79 Å². The summed E-state index contributed by atoms with van der Waals surface area (Å²) in [4.78, 5) is 12.3. The van der Waals surface area contributed by atoms with Crippen molar-refractivity contribution in [1.29, 1.82) is 0 Å². The number of Topliss-reactive ketones (excluding diaryl/α,β-unsaturated/α-hetero) is 1. The second kappa shape index (κ2) is 7.44. The van der Waals surface area contributed by atoms with E-state index in [2.05, 4.69) is 25.2 Å². The van der Waals surface area contributed by atoms with E-state index in [1.165, 1.54) is 0 Å². The van der Waals surface area contributed by atoms with Crippen molar-refractivity contribution in [3.05, 3.63) is 29.3 Å². The van der Waals surface area contributed by atoms with Gasteiger partial charge in [0.2, 0.25) is 0 Å². The van der Waals surface area contributed by atoms with E-state index in [0.717, 1.165) is 16.9 Å². The molecule has 1 N–H and O–H groups in total. The van der Waals surface area contributed by atoms with Crippen LogP contribution >= 0.6 is 0 Å². The zero-order chi connectivity index (χ0) is 15.3. The van der Waals surface area contributed by atoms with Gasteiger partial charge < -0.3 is 10.1 Å². The summed E-state index contributed by atoms with van der Waals surface area (Å²) in [7, 11) is 1.68. The molecule has 0 heterocycles. The number of hydrogen-bond acceptors (Lipinski definition) is 3. The Morgan fingerprint density at radius 2 is 1.90 bits per heavy atom. The summed E-state index contributed by atoms with van der Waals surface area (Å²) in [5.41, 5.74) is 2.24. The SMILES string of the molecule is COc1cc(C[C@H](NC(C)C)C(=O)C(C)C)ccc1C. The minimum atomic E-state index is -0.137. The minimum absolute atomic E-state index is 0.0404. The Balaban J connectivity index is 2.91. The molecule has 0 aliphatic rings. The Morgan fingerprint density at radius 3 is 2.40 bits per heavy atom. The van der Waals surface area contributed by atoms with Crippen LogP contribution in [-0.4, -0.2) is 25.0 Å². The fourth-order valence-electron chi connectivity index (χ4n) is 2.27. The topological polar surface area (TPSA) is 38.3 Å². The van der Waals surface area contributed by atoms with Crippen LogP contribution in [0.1, 0.15) is 38.8 Å². The molecule has 0 spiro atoms. The van der Waals surface area contributed by atoms with E-state index in [9.17, 15) is 4.79 Å². The summed E-state index contributed by atoms with van der Waals surface area (Å²) in [6.45, 7) is 10.1. The van der Waals surface area contributed by atoms with Crippen molar-refractivity contribution >= 4 is 5.78 Å². The predicted molar refractivity (Wildman–Crippen MR) is 83.3 cm³/mol. The third-order valence-corrected chi connectivity index (χ3v) is 3.36. The Labute approximate surface area is 122 Å². The summed E-state index contributed by atoms with van der Waals surface area (Å²) < 4.78 is 5.35. The van der Waals surface area contributed by atoms with Gasteiger partial charge in [0.15, 0.2) is 5.78 Å². The highest BCUT2D eigenvalue weighted by molar-refractivity contribution is 5.86. The van der Waals surface area contributed by atoms with Crippen LogP contribution < -0.4 is 10.1 Å². The van der Waals surface area contributed by atoms with Gasteiger partial charge in [-0.2, -0.15) is 0 Å². The third-order valence-electron chi connectivity index (χ3n) is 3.36. The van der Waals surface area contributed by atoms with Crippen molar-refractivity contribution < 1.29 is 9.53 Å². The molecule has 0 saturated heterocycles. The molecule has 1 rings (SSSR count). The molecule has 0 aliphatic heterocycles. The van der Waals surface area contributed by atoms with E-state index in [0.29, 0.717) is 6.42 Å². The number of ketones is 1. The van der Waals surface area contributed by atoms with E-state index in [1.807, 2.05) is 32.9 Å². The maximum absolute atomic E-state index is 12.3. The van der Waals surface area contributed by atoms with Crippen LogP contribution in [0.3, 0.4) is 0 Å². The third kappa shape index (κ3) is 4.64. The van der Waals surface area contributed by atoms with E-state index in [4.69, 9.17) is 4.74 Å². The zero-order valence-corrected chi connectivity index (χ0v) is 13.5. The minimum Gasteiger partial charge on any atom is -0.496 e. The number of hydrogen-bond donors (Lipinski definition) is 1. The Hall–Kier alpha value is -1.35. The molecular weight excluding hydrogens is 250 g/mol. The summed E-state index contributed by atoms with van der Waals surface area (Å²) >= 11 is 0. The van der Waals surface area contributed by atoms with Gasteiger partial charge in [-0.15, -0.1) is 0 Å². The van der Waals surface area contributed by atoms with Crippen molar-refractivity contribution in [1.82, 2.24) is 5.32 Å². The van der Waals surface area contributed by atoms with Crippen molar-refractivity contribution in [3.8, 4) is 5.75 Å². The highest BCUT2D eigenvalue weighted by atomic mass is 16.5. The van der Waals surface area contributed by atoms with Crippen LogP contribution in [0.25, 0.3) is 0 Å². The lowest BCUT2D eigenvalue weighted by atomic mass is 9.94. The van der Waals surface area contributed by atoms with Gasteiger partial charge in [0.05, 0.1) is 13.2 Å². The van der Waals surface area contributed by atoms with Crippen molar-refractivity contribution in [3.63, 3.8) is 0 Å². The number of nitrogens with one attached hydrogen (secondary N) is 1. The Bertz CT molecular complexity index is 452. The number of carbonyl (C=O) groups excluding carboxylic acids is 1. The molecule has 0 amide bonds. The highest BCUT2D eigenvalue weighted by Crippen LogP contribution is 2.20. The van der Waals surface area contributed by atoms with Gasteiger partial charge in [0, 0.05) is 12.0 Å². The number of methoxy groups -OCH3 is 1. The van der Waals surface area contributed by atoms with Crippen LogP contribution in [-0.2, 0) is 11.2 Å². The van der Waals surface area contributed by atoms with Crippen molar-refractivity contribution in [2.45, 2.75) is 53.1 Å². The van der Waals surface area contributed by atoms with Crippen LogP contribution in [0.4, 0.5) is 0 Å². The van der Waals surface area contributed by atoms with Crippen LogP contribution in [0.5, 0.6) is 5.75 Å². The summed E-state index contributed by atoms with van der Waals surface area (Å²) in [6, 6.07) is 6.29. The first-order valence-corrected chi connectivity index (χ1v) is 7.28. The summed E-state index contributed by atoms with van der Waals surface area (Å²) in [5.74, 6) is 1.18. The smallest absolute Gasteiger partial charge is 0.152 e. The van der Waals surface area contributed by atoms with Crippen LogP contribution in [0, 0.1) is 12.8 Å². The molecule has 0 saturated carbocycles. The normalized spacial score (nSPS) is 12.8. The zero-order valence-electron chi connectivity index (χ0n) is 13.5. The van der Waals surface area contributed by atoms with Crippen LogP contribution in [0.2, 0.25) is 0 Å². The number of aryl methyl sites for hydroxylation is 1. The first-order valence-electron chi connectivity index (χ1n) is 7.28. The second-order valence-corrected chi connectivity index (χ2v) is 5.94. The van der Waals surface area contributed by atoms with Gasteiger partial charge >= 0.3 is 0 Å². The maximum atomic E-state index is 12.3. The average Bonchev–Trinajstić information content (AvgIpc) is 2.38. The van der Waals surface area contributed by atoms with Gasteiger partial charge in [-0.25, -0.2) is 0 Å². The molecular formula is C17H27NO2. The molecule has 3 heteroatoms. The largest absolute Gasteiger partial charge is 0.496 e. The average molecular weight is 277 g/mol. The van der Waals surface area contributed by atoms with E-state index in [-0.39, 0.29) is 23.8 Å². The number of rotatable bonds is 7. The molecule has 0 radical (unpaired) electrons. The van der Waals surface area contributed by atoms with Crippen molar-refractivity contribution in [2.24, 2.45) is 5.92 Å². The van der Waals surface area contributed by atoms with E-state index >= 15 is 0 Å². The molecule has 0 unspecified atom stereocenters. The Kier molecular flexibility index (Phi) is 6.21. The highest BCUT2D eigenvalue weighted by Gasteiger charge is 2.22. The fraction of sp³-hybridized carbons (Fsp3) is 0.588. The van der Waals surface area contributed by atoms with Crippen LogP contribution in [0.15, 0.2) is 18.2 Å². The first kappa shape index (κ1) is 16.7. The quantitative estimate of drug-likeness (QED) is 0.832. The lowest BCUT2D eigenvalue weighted by Gasteiger charge is -2.22. The lowest BCUT2D eigenvalue weighted by molar-refractivity contribution is -0.124. The maximum Gasteiger partial charge on any atom is 0.152 e. The van der Waals surface area contributed by atoms with Gasteiger partial charge in [0.25, 0.3) is 0 Å². The summed E-state index contributed by atoms with van der Waals surface area (Å²) in [5, 5.41) is 3.37. The van der Waals surface area contributed by atoms with Gasteiger partial charge in [-0.05, 0) is 30.5 Å². The molecule has 0 bridgehead atoms. The monoisotopic (exact) mass is 277 g/mol. The number of benzene rings is 1. The Morgan fingerprint density at radius 1 is 1.25 bits per heavy atom. The fourth-order valence-corrected chi connectivity index (χ4v) is 2.27. The summed E-state index contributed by atoms with van der Waals surface area (Å²) in [6.07, 6.45) is 0.700. The molecule has 1 aromatic carbocycles. The second-order valence-electron chi connectivity index (χ2n) is 5.94. The number of carbonyl (C=O) groups is 1. The van der Waals surface area contributed by atoms with Crippen molar-refractivity contribution in [2.75, 3.05) is 7.11 Å². The molecule has 1 atom stereocenters. The molecule has 0 fully saturated rings. The molecule has 1 aromatic rings. The van der Waals surface area contributed by atoms with Gasteiger partial charge in [-0.1, -0.05) is 39.8 Å². The molecule has 3 nitrogen and oxygen atoms in total. The molecule has 0 aromatic heterocycles. The molecule has 0 aliphatic carbocycles. The standard InChI is InChI=1S/C17H27NO2/c1-11(2)17(19)15(18-12(3)4)9-14-8-7-13(5)16(10-14)20-6/h7-8,10-12,15,18H,9H2,1-6H3/t15-/m0/s1. The molecule has 112 valence electrons. The molecule has 20 heavy (non-hydrogen) atoms. The van der Waals surface area contributed by atoms with Gasteiger partial charge in [0.1, 0.15) is 5.75 Å². The predicted octanol–water partition coefficient (Wildman–Crippen LogP) is 3.14. The first-order chi connectivity index (χ1) is 9.35. The number of ether oxygens (including phenoxy) is 1. The van der Waals surface area contributed by atoms with E-state index in [1.54, 1.807) is 7.11 Å². The van der Waals surface area contributed by atoms with E-state index < -0.39 is 0 Å².